The molecule has 4 atom stereocenters. The summed E-state index contributed by atoms with van der Waals surface area (Å²) in [4.78, 5) is 46.2. The molecule has 0 aromatic carbocycles. The van der Waals surface area contributed by atoms with Crippen LogP contribution >= 0.6 is 11.8 Å². The van der Waals surface area contributed by atoms with Gasteiger partial charge in [0.1, 0.15) is 12.2 Å². The van der Waals surface area contributed by atoms with Gasteiger partial charge in [0, 0.05) is 17.4 Å². The van der Waals surface area contributed by atoms with Crippen LogP contribution < -0.4 is 16.0 Å². The van der Waals surface area contributed by atoms with E-state index in [1.807, 2.05) is 11.8 Å². The van der Waals surface area contributed by atoms with E-state index in [0.717, 1.165) is 18.6 Å². The number of nitrogens with one attached hydrogen (secondary N) is 3. The van der Waals surface area contributed by atoms with Gasteiger partial charge in [-0.05, 0) is 33.6 Å². The van der Waals surface area contributed by atoms with Crippen LogP contribution in [0.1, 0.15) is 46.5 Å². The molecular formula is C18H29N3O7S. The summed E-state index contributed by atoms with van der Waals surface area (Å²) in [5, 5.41) is 17.5. The molecule has 2 aliphatic heterocycles. The third-order valence-electron chi connectivity index (χ3n) is 4.46. The van der Waals surface area contributed by atoms with Crippen molar-refractivity contribution in [3.05, 3.63) is 0 Å². The highest BCUT2D eigenvalue weighted by Crippen LogP contribution is 2.33. The minimum atomic E-state index is -1.38. The molecular weight excluding hydrogens is 402 g/mol. The van der Waals surface area contributed by atoms with Crippen molar-refractivity contribution in [1.29, 1.82) is 0 Å². The molecule has 2 fully saturated rings. The van der Waals surface area contributed by atoms with Crippen LogP contribution in [-0.2, 0) is 19.1 Å². The Morgan fingerprint density at radius 1 is 1.28 bits per heavy atom. The number of unbranched alkanes of at least 4 members (excludes halogenated alkanes) is 1. The average molecular weight is 432 g/mol. The topological polar surface area (TPSA) is 143 Å². The summed E-state index contributed by atoms with van der Waals surface area (Å²) < 4.78 is 9.99. The lowest BCUT2D eigenvalue weighted by Crippen LogP contribution is -2.46. The normalized spacial score (nSPS) is 24.1. The first-order chi connectivity index (χ1) is 13.5. The summed E-state index contributed by atoms with van der Waals surface area (Å²) >= 11 is 1.81. The standard InChI is InChI=1S/C18H29N3O7S/c1-18(2,3)28-17(26)20-10(15(23)24)8-27-13(22)7-5-4-6-12-14-11(9-29-12)19-16(25)21-14/h10-12,14H,4-9H2,1-3H3,(H,20,26)(H,23,24)(H2,19,21,25)/t10-,11-,12-,14-/m0/s1. The van der Waals surface area contributed by atoms with Crippen molar-refractivity contribution in [3.63, 3.8) is 0 Å². The molecule has 4 N–H and O–H groups in total. The number of amides is 3. The smallest absolute Gasteiger partial charge is 0.408 e. The number of ether oxygens (including phenoxy) is 2. The summed E-state index contributed by atoms with van der Waals surface area (Å²) in [7, 11) is 0. The first kappa shape index (κ1) is 23.1. The van der Waals surface area contributed by atoms with E-state index in [9.17, 15) is 19.2 Å². The van der Waals surface area contributed by atoms with Gasteiger partial charge in [-0.25, -0.2) is 14.4 Å². The zero-order valence-electron chi connectivity index (χ0n) is 16.9. The summed E-state index contributed by atoms with van der Waals surface area (Å²) in [5.74, 6) is -0.948. The maximum Gasteiger partial charge on any atom is 0.408 e. The van der Waals surface area contributed by atoms with E-state index in [-0.39, 0.29) is 24.5 Å². The monoisotopic (exact) mass is 431 g/mol. The Morgan fingerprint density at radius 2 is 2.00 bits per heavy atom. The quantitative estimate of drug-likeness (QED) is 0.242. The van der Waals surface area contributed by atoms with Gasteiger partial charge in [-0.1, -0.05) is 6.42 Å². The van der Waals surface area contributed by atoms with E-state index in [0.29, 0.717) is 11.7 Å². The number of carboxylic acids is 1. The minimum Gasteiger partial charge on any atom is -0.480 e. The van der Waals surface area contributed by atoms with Gasteiger partial charge in [-0.3, -0.25) is 4.79 Å². The van der Waals surface area contributed by atoms with Gasteiger partial charge in [0.2, 0.25) is 0 Å². The predicted molar refractivity (Wildman–Crippen MR) is 106 cm³/mol. The number of esters is 1. The second-order valence-electron chi connectivity index (χ2n) is 8.09. The number of urea groups is 1. The van der Waals surface area contributed by atoms with E-state index in [1.165, 1.54) is 0 Å². The molecule has 2 saturated heterocycles. The van der Waals surface area contributed by atoms with Crippen LogP contribution in [0.3, 0.4) is 0 Å². The minimum absolute atomic E-state index is 0.123. The lowest BCUT2D eigenvalue weighted by Gasteiger charge is -2.21. The number of fused-ring (bicyclic) bond motifs is 1. The first-order valence-corrected chi connectivity index (χ1v) is 10.7. The molecule has 164 valence electrons. The number of thioether (sulfide) groups is 1. The van der Waals surface area contributed by atoms with E-state index >= 15 is 0 Å². The zero-order chi connectivity index (χ0) is 21.6. The van der Waals surface area contributed by atoms with Crippen molar-refractivity contribution >= 4 is 35.8 Å². The van der Waals surface area contributed by atoms with Crippen molar-refractivity contribution in [2.75, 3.05) is 12.4 Å². The molecule has 0 radical (unpaired) electrons. The number of alkyl carbamates (subject to hydrolysis) is 1. The highest BCUT2D eigenvalue weighted by molar-refractivity contribution is 8.00. The molecule has 29 heavy (non-hydrogen) atoms. The molecule has 2 heterocycles. The van der Waals surface area contributed by atoms with Gasteiger partial charge in [0.25, 0.3) is 0 Å². The second-order valence-corrected chi connectivity index (χ2v) is 9.36. The summed E-state index contributed by atoms with van der Waals surface area (Å²) in [6.07, 6.45) is 1.55. The van der Waals surface area contributed by atoms with Crippen molar-refractivity contribution in [1.82, 2.24) is 16.0 Å². The van der Waals surface area contributed by atoms with E-state index < -0.39 is 36.3 Å². The fourth-order valence-corrected chi connectivity index (χ4v) is 4.67. The molecule has 0 bridgehead atoms. The molecule has 2 rings (SSSR count). The Labute approximate surface area is 173 Å². The Bertz CT molecular complexity index is 637. The third kappa shape index (κ3) is 7.64. The second kappa shape index (κ2) is 10.0. The lowest BCUT2D eigenvalue weighted by atomic mass is 10.0. The molecule has 0 aromatic heterocycles. The van der Waals surface area contributed by atoms with Crippen LogP contribution in [0.4, 0.5) is 9.59 Å². The highest BCUT2D eigenvalue weighted by atomic mass is 32.2. The van der Waals surface area contributed by atoms with Gasteiger partial charge in [0.05, 0.1) is 12.1 Å². The molecule has 10 nitrogen and oxygen atoms in total. The zero-order valence-corrected chi connectivity index (χ0v) is 17.7. The molecule has 3 amide bonds. The number of rotatable bonds is 9. The number of carbonyl (C=O) groups excluding carboxylic acids is 3. The molecule has 0 saturated carbocycles. The summed E-state index contributed by atoms with van der Waals surface area (Å²) in [6, 6.07) is -1.19. The molecule has 0 unspecified atom stereocenters. The van der Waals surface area contributed by atoms with E-state index in [1.54, 1.807) is 20.8 Å². The van der Waals surface area contributed by atoms with Crippen molar-refractivity contribution in [3.8, 4) is 0 Å². The van der Waals surface area contributed by atoms with Crippen LogP contribution in [0.25, 0.3) is 0 Å². The van der Waals surface area contributed by atoms with Gasteiger partial charge in [-0.2, -0.15) is 11.8 Å². The number of carboxylic acid groups (broad SMARTS) is 1. The molecule has 0 aliphatic carbocycles. The van der Waals surface area contributed by atoms with Crippen LogP contribution in [0.5, 0.6) is 0 Å². The average Bonchev–Trinajstić information content (AvgIpc) is 3.13. The largest absolute Gasteiger partial charge is 0.480 e. The van der Waals surface area contributed by atoms with Crippen molar-refractivity contribution in [2.24, 2.45) is 0 Å². The molecule has 11 heteroatoms. The Morgan fingerprint density at radius 3 is 2.66 bits per heavy atom. The number of hydrogen-bond acceptors (Lipinski definition) is 7. The lowest BCUT2D eigenvalue weighted by molar-refractivity contribution is -0.148. The maximum atomic E-state index is 11.9. The third-order valence-corrected chi connectivity index (χ3v) is 5.97. The Balaban J connectivity index is 1.63. The number of aliphatic carboxylic acids is 1. The molecule has 0 aromatic rings. The predicted octanol–water partition coefficient (Wildman–Crippen LogP) is 1.23. The van der Waals surface area contributed by atoms with E-state index in [2.05, 4.69) is 16.0 Å². The fraction of sp³-hybridized carbons (Fsp3) is 0.778. The van der Waals surface area contributed by atoms with Gasteiger partial charge >= 0.3 is 24.1 Å². The molecule has 0 spiro atoms. The molecule has 2 aliphatic rings. The fourth-order valence-electron chi connectivity index (χ4n) is 3.13. The van der Waals surface area contributed by atoms with Crippen LogP contribution in [0.2, 0.25) is 0 Å². The first-order valence-electron chi connectivity index (χ1n) is 9.62. The van der Waals surface area contributed by atoms with Crippen LogP contribution in [0.15, 0.2) is 0 Å². The Hall–Kier alpha value is -2.17. The van der Waals surface area contributed by atoms with Crippen LogP contribution in [0, 0.1) is 0 Å². The van der Waals surface area contributed by atoms with Gasteiger partial charge < -0.3 is 30.5 Å². The van der Waals surface area contributed by atoms with Gasteiger partial charge in [0.15, 0.2) is 6.04 Å². The Kier molecular flexibility index (Phi) is 8.00. The summed E-state index contributed by atoms with van der Waals surface area (Å²) in [5.41, 5.74) is -0.765. The maximum absolute atomic E-state index is 11.9. The summed E-state index contributed by atoms with van der Waals surface area (Å²) in [6.45, 7) is 4.50. The highest BCUT2D eigenvalue weighted by Gasteiger charge is 2.42. The van der Waals surface area contributed by atoms with E-state index in [4.69, 9.17) is 14.6 Å². The number of carbonyl (C=O) groups is 4. The SMILES string of the molecule is CC(C)(C)OC(=O)N[C@@H](COC(=O)CCCC[C@@H]1SC[C@@H]2NC(=O)N[C@@H]21)C(=O)O. The van der Waals surface area contributed by atoms with Crippen molar-refractivity contribution in [2.45, 2.75) is 75.4 Å². The van der Waals surface area contributed by atoms with Crippen LogP contribution in [-0.4, -0.2) is 70.5 Å². The number of hydrogen-bond donors (Lipinski definition) is 4. The van der Waals surface area contributed by atoms with Crippen molar-refractivity contribution < 1.29 is 33.8 Å². The van der Waals surface area contributed by atoms with Gasteiger partial charge in [-0.15, -0.1) is 0 Å².